The number of carbonyl (C=O) groups is 1. The fourth-order valence-electron chi connectivity index (χ4n) is 6.45. The Hall–Kier alpha value is -3.45. The molecule has 6 atom stereocenters. The van der Waals surface area contributed by atoms with E-state index in [1.165, 1.54) is 64.1 Å². The summed E-state index contributed by atoms with van der Waals surface area (Å²) in [6.45, 7) is 26.5. The molecule has 0 bridgehead atoms. The van der Waals surface area contributed by atoms with Crippen molar-refractivity contribution in [1.29, 1.82) is 0 Å². The third-order valence-corrected chi connectivity index (χ3v) is 10.7. The van der Waals surface area contributed by atoms with Crippen molar-refractivity contribution in [1.82, 2.24) is 34.8 Å². The summed E-state index contributed by atoms with van der Waals surface area (Å²) >= 11 is 5.49. The van der Waals surface area contributed by atoms with Crippen LogP contribution in [0.3, 0.4) is 0 Å². The fraction of sp³-hybridized carbons (Fsp3) is 0.740. The van der Waals surface area contributed by atoms with Crippen molar-refractivity contribution in [3.63, 3.8) is 0 Å². The number of rotatable bonds is 1. The molecule has 6 aliphatic heterocycles. The summed E-state index contributed by atoms with van der Waals surface area (Å²) in [5, 5.41) is 0.579. The summed E-state index contributed by atoms with van der Waals surface area (Å²) in [6.07, 6.45) is 19.9. The Balaban J connectivity index is 0.000000386. The topological polar surface area (TPSA) is 153 Å². The quantitative estimate of drug-likeness (QED) is 0.227. The third-order valence-electron chi connectivity index (χ3n) is 10.5. The minimum atomic E-state index is -4.26. The molecule has 388 valence electrons. The number of aromatic nitrogens is 6. The Bertz CT molecular complexity index is 1520. The first-order chi connectivity index (χ1) is 32.2. The molecule has 6 aliphatic rings. The van der Waals surface area contributed by atoms with E-state index in [0.717, 1.165) is 73.4 Å². The largest absolute Gasteiger partial charge is 0.406 e. The number of carbonyl (C=O) groups excluding carboxylic acids is 1. The first-order valence-corrected chi connectivity index (χ1v) is 24.6. The number of hydrogen-bond acceptors (Lipinski definition) is 13. The van der Waals surface area contributed by atoms with Crippen LogP contribution in [0.4, 0.5) is 13.2 Å². The van der Waals surface area contributed by atoms with E-state index in [1.807, 2.05) is 40.7 Å². The maximum absolute atomic E-state index is 11.8. The van der Waals surface area contributed by atoms with Crippen molar-refractivity contribution in [3.05, 3.63) is 71.3 Å². The van der Waals surface area contributed by atoms with E-state index in [2.05, 4.69) is 64.5 Å². The lowest BCUT2D eigenvalue weighted by atomic mass is 10.1. The predicted octanol–water partition coefficient (Wildman–Crippen LogP) is 10.9. The maximum atomic E-state index is 11.8. The zero-order valence-corrected chi connectivity index (χ0v) is 43.6. The van der Waals surface area contributed by atoms with Gasteiger partial charge in [0, 0.05) is 75.6 Å². The van der Waals surface area contributed by atoms with Gasteiger partial charge >= 0.3 is 6.18 Å². The number of halogens is 4. The van der Waals surface area contributed by atoms with Crippen LogP contribution in [0.15, 0.2) is 43.4 Å². The highest BCUT2D eigenvalue weighted by Gasteiger charge is 2.37. The van der Waals surface area contributed by atoms with Gasteiger partial charge in [0.2, 0.25) is 5.91 Å². The lowest BCUT2D eigenvalue weighted by Gasteiger charge is -2.24. The van der Waals surface area contributed by atoms with E-state index in [9.17, 15) is 18.0 Å². The van der Waals surface area contributed by atoms with Crippen molar-refractivity contribution in [2.24, 2.45) is 11.8 Å². The molecule has 0 saturated carbocycles. The van der Waals surface area contributed by atoms with E-state index < -0.39 is 12.7 Å². The van der Waals surface area contributed by atoms with E-state index in [0.29, 0.717) is 35.9 Å². The lowest BCUT2D eigenvalue weighted by molar-refractivity contribution is -0.158. The molecule has 0 N–H and O–H groups in total. The molecule has 5 unspecified atom stereocenters. The molecule has 3 aromatic rings. The summed E-state index contributed by atoms with van der Waals surface area (Å²) < 4.78 is 66.3. The number of hydrogen-bond donors (Lipinski definition) is 0. The van der Waals surface area contributed by atoms with E-state index in [4.69, 9.17) is 40.0 Å². The average molecular weight is 987 g/mol. The van der Waals surface area contributed by atoms with Crippen LogP contribution in [0, 0.1) is 39.5 Å². The molecule has 0 aliphatic carbocycles. The maximum Gasteiger partial charge on any atom is 0.406 e. The van der Waals surface area contributed by atoms with Crippen molar-refractivity contribution < 1.29 is 46.4 Å². The lowest BCUT2D eigenvalue weighted by Crippen LogP contribution is -2.35. The molecule has 6 fully saturated rings. The van der Waals surface area contributed by atoms with Crippen LogP contribution >= 0.6 is 11.6 Å². The number of ether oxygens (including phenoxy) is 6. The highest BCUT2D eigenvalue weighted by molar-refractivity contribution is 6.30. The number of nitrogens with zero attached hydrogens (tertiary/aromatic N) is 7. The number of alkyl halides is 3. The molecule has 0 aromatic carbocycles. The van der Waals surface area contributed by atoms with Crippen molar-refractivity contribution >= 4 is 17.5 Å². The Labute approximate surface area is 410 Å². The number of likely N-dealkylation sites (tertiary alicyclic amines) is 1. The predicted molar refractivity (Wildman–Crippen MR) is 260 cm³/mol. The van der Waals surface area contributed by atoms with Gasteiger partial charge in [-0.3, -0.25) is 14.8 Å². The van der Waals surface area contributed by atoms with Crippen LogP contribution in [-0.4, -0.2) is 130 Å². The van der Waals surface area contributed by atoms with E-state index >= 15 is 0 Å². The average Bonchev–Trinajstić information content (AvgIpc) is 4.15. The van der Waals surface area contributed by atoms with Gasteiger partial charge in [0.05, 0.1) is 54.0 Å². The highest BCUT2D eigenvalue weighted by Crippen LogP contribution is 2.23. The SMILES string of the molecule is CC1CCCC(C)O1.CC1CCCCO1.CC1CCCO1.CC1CCN(CC(F)(F)F)C1=O.CC1OCCO1.C[C@@H]1CCOC1.Cc1ccncn1.Cc1cnc(C)cn1.Cc1ncc(Cl)cn1. The van der Waals surface area contributed by atoms with Gasteiger partial charge in [0.25, 0.3) is 0 Å². The fourth-order valence-corrected chi connectivity index (χ4v) is 6.55. The Kier molecular flexibility index (Phi) is 34.4. The van der Waals surface area contributed by atoms with Crippen molar-refractivity contribution in [2.75, 3.05) is 52.7 Å². The molecular formula is C50H83ClF3N7O7. The molecule has 6 saturated heterocycles. The van der Waals surface area contributed by atoms with Gasteiger partial charge in [-0.1, -0.05) is 25.4 Å². The van der Waals surface area contributed by atoms with E-state index in [1.54, 1.807) is 37.9 Å². The van der Waals surface area contributed by atoms with E-state index in [-0.39, 0.29) is 24.7 Å². The monoisotopic (exact) mass is 986 g/mol. The number of amides is 1. The zero-order chi connectivity index (χ0) is 50.7. The van der Waals surface area contributed by atoms with Crippen LogP contribution < -0.4 is 0 Å². The minimum absolute atomic E-state index is 0.0463. The third kappa shape index (κ3) is 35.6. The van der Waals surface area contributed by atoms with Gasteiger partial charge in [-0.25, -0.2) is 19.9 Å². The molecule has 0 radical (unpaired) electrons. The van der Waals surface area contributed by atoms with Crippen LogP contribution in [0.2, 0.25) is 5.02 Å². The van der Waals surface area contributed by atoms with Crippen molar-refractivity contribution in [3.8, 4) is 0 Å². The van der Waals surface area contributed by atoms with Gasteiger partial charge in [0.1, 0.15) is 18.7 Å². The molecule has 9 heterocycles. The second kappa shape index (κ2) is 37.4. The minimum Gasteiger partial charge on any atom is -0.381 e. The number of aryl methyl sites for hydroxylation is 4. The second-order valence-electron chi connectivity index (χ2n) is 17.6. The van der Waals surface area contributed by atoms with Crippen LogP contribution in [0.25, 0.3) is 0 Å². The molecule has 0 spiro atoms. The van der Waals surface area contributed by atoms with Gasteiger partial charge in [0.15, 0.2) is 6.29 Å². The summed E-state index contributed by atoms with van der Waals surface area (Å²) in [5.41, 5.74) is 2.95. The zero-order valence-electron chi connectivity index (χ0n) is 42.8. The van der Waals surface area contributed by atoms with Gasteiger partial charge < -0.3 is 33.3 Å². The Morgan fingerprint density at radius 1 is 0.632 bits per heavy atom. The van der Waals surface area contributed by atoms with Crippen LogP contribution in [0.1, 0.15) is 136 Å². The van der Waals surface area contributed by atoms with Gasteiger partial charge in [-0.05, 0) is 139 Å². The van der Waals surface area contributed by atoms with Crippen molar-refractivity contribution in [2.45, 2.75) is 177 Å². The van der Waals surface area contributed by atoms with Crippen LogP contribution in [-0.2, 0) is 33.2 Å². The first kappa shape index (κ1) is 62.6. The summed E-state index contributed by atoms with van der Waals surface area (Å²) in [7, 11) is 0. The van der Waals surface area contributed by atoms with Gasteiger partial charge in [-0.2, -0.15) is 13.2 Å². The molecule has 9 rings (SSSR count). The smallest absolute Gasteiger partial charge is 0.381 e. The highest BCUT2D eigenvalue weighted by atomic mass is 35.5. The molecule has 14 nitrogen and oxygen atoms in total. The first-order valence-electron chi connectivity index (χ1n) is 24.2. The summed E-state index contributed by atoms with van der Waals surface area (Å²) in [5.74, 6) is 0.944. The molecule has 18 heteroatoms. The molecule has 68 heavy (non-hydrogen) atoms. The van der Waals surface area contributed by atoms with Crippen LogP contribution in [0.5, 0.6) is 0 Å². The normalized spacial score (nSPS) is 23.9. The second-order valence-corrected chi connectivity index (χ2v) is 18.1. The summed E-state index contributed by atoms with van der Waals surface area (Å²) in [4.78, 5) is 35.2. The standard InChI is InChI=1S/C7H10F3NO.C7H14O.C6H8N2.C6H12O.C5H5ClN2.C5H6N2.2C5H10O.C4H8O2/c1-5-2-3-11(6(5)12)4-7(8,9)10;1-6-4-3-5-7(2)8-6;1-5-3-8-6(2)4-7-5;1-6-4-2-3-5-7-6;1-4-7-2-5(6)3-8-4;1-5-2-3-6-4-7-5;1-5-2-3-6-4-5;1-5-3-2-4-6-5;1-4-5-2-3-6-4/h5H,2-4H2,1H3;6-7H,3-5H2,1-2H3;3-4H,1-2H3;6H,2-5H2,1H3;2-3H,1H3;2-4H,1H3;2*5H,2-4H2,1H3;4H,2-3H2,1H3/t;;;;;;5-;;/m......1../s1. The summed E-state index contributed by atoms with van der Waals surface area (Å²) in [6, 6.07) is 1.86. The van der Waals surface area contributed by atoms with Gasteiger partial charge in [-0.15, -0.1) is 0 Å². The molecule has 1 amide bonds. The molecular weight excluding hydrogens is 903 g/mol. The Morgan fingerprint density at radius 3 is 1.46 bits per heavy atom. The Morgan fingerprint density at radius 2 is 1.19 bits per heavy atom. The molecule has 3 aromatic heterocycles.